The van der Waals surface area contributed by atoms with Crippen LogP contribution in [-0.2, 0) is 6.18 Å². The van der Waals surface area contributed by atoms with Crippen LogP contribution in [0.5, 0.6) is 5.88 Å². The molecule has 0 bridgehead atoms. The van der Waals surface area contributed by atoms with E-state index in [1.54, 1.807) is 6.20 Å². The molecule has 1 fully saturated rings. The van der Waals surface area contributed by atoms with Crippen molar-refractivity contribution in [3.8, 4) is 5.88 Å². The van der Waals surface area contributed by atoms with Crippen LogP contribution in [0.4, 0.5) is 18.9 Å². The molecule has 1 aromatic carbocycles. The standard InChI is InChI=1S/C17H17F3N2O/c18-17(19,20)13-4-6-14(7-5-13)22-11-8-15(9-12-22)23-16-3-1-2-10-21-16/h1-7,10,15H,8-9,11-12H2. The maximum Gasteiger partial charge on any atom is 0.416 e. The van der Waals surface area contributed by atoms with E-state index in [9.17, 15) is 13.2 Å². The van der Waals surface area contributed by atoms with Crippen molar-refractivity contribution in [3.63, 3.8) is 0 Å². The number of ether oxygens (including phenoxy) is 1. The summed E-state index contributed by atoms with van der Waals surface area (Å²) in [6.45, 7) is 1.51. The predicted octanol–water partition coefficient (Wildman–Crippen LogP) is 4.15. The number of hydrogen-bond donors (Lipinski definition) is 0. The molecule has 6 heteroatoms. The molecular formula is C17H17F3N2O. The van der Waals surface area contributed by atoms with Crippen LogP contribution < -0.4 is 9.64 Å². The Hall–Kier alpha value is -2.24. The second-order valence-corrected chi connectivity index (χ2v) is 5.52. The molecule has 0 radical (unpaired) electrons. The molecule has 0 saturated carbocycles. The van der Waals surface area contributed by atoms with Gasteiger partial charge in [0.25, 0.3) is 0 Å². The number of rotatable bonds is 3. The highest BCUT2D eigenvalue weighted by Crippen LogP contribution is 2.31. The molecule has 0 spiro atoms. The number of benzene rings is 1. The normalized spacial score (nSPS) is 16.4. The number of hydrogen-bond acceptors (Lipinski definition) is 3. The van der Waals surface area contributed by atoms with Crippen molar-refractivity contribution in [2.24, 2.45) is 0 Å². The molecule has 0 aliphatic carbocycles. The van der Waals surface area contributed by atoms with Gasteiger partial charge < -0.3 is 9.64 Å². The maximum absolute atomic E-state index is 12.6. The highest BCUT2D eigenvalue weighted by Gasteiger charge is 2.30. The Morgan fingerprint density at radius 1 is 1.00 bits per heavy atom. The van der Waals surface area contributed by atoms with Crippen molar-refractivity contribution in [3.05, 3.63) is 54.2 Å². The summed E-state index contributed by atoms with van der Waals surface area (Å²) in [5, 5.41) is 0. The van der Waals surface area contributed by atoms with E-state index in [1.165, 1.54) is 12.1 Å². The molecule has 1 aliphatic heterocycles. The second-order valence-electron chi connectivity index (χ2n) is 5.52. The molecule has 3 rings (SSSR count). The number of anilines is 1. The molecule has 1 saturated heterocycles. The quantitative estimate of drug-likeness (QED) is 0.849. The molecule has 1 aliphatic rings. The average molecular weight is 322 g/mol. The largest absolute Gasteiger partial charge is 0.474 e. The Labute approximate surface area is 132 Å². The van der Waals surface area contributed by atoms with Gasteiger partial charge in [0.2, 0.25) is 5.88 Å². The fourth-order valence-electron chi connectivity index (χ4n) is 2.68. The molecule has 2 aromatic rings. The zero-order chi connectivity index (χ0) is 16.3. The van der Waals surface area contributed by atoms with Crippen LogP contribution in [0.25, 0.3) is 0 Å². The van der Waals surface area contributed by atoms with Gasteiger partial charge in [0.05, 0.1) is 5.56 Å². The summed E-state index contributed by atoms with van der Waals surface area (Å²) in [5.74, 6) is 0.612. The second kappa shape index (κ2) is 6.48. The third-order valence-corrected chi connectivity index (χ3v) is 3.93. The molecule has 2 heterocycles. The third kappa shape index (κ3) is 3.94. The molecule has 0 N–H and O–H groups in total. The zero-order valence-electron chi connectivity index (χ0n) is 12.5. The van der Waals surface area contributed by atoms with Gasteiger partial charge >= 0.3 is 6.18 Å². The number of pyridine rings is 1. The highest BCUT2D eigenvalue weighted by atomic mass is 19.4. The van der Waals surface area contributed by atoms with Crippen LogP contribution in [0.15, 0.2) is 48.7 Å². The van der Waals surface area contributed by atoms with Gasteiger partial charge in [0.15, 0.2) is 0 Å². The van der Waals surface area contributed by atoms with E-state index in [2.05, 4.69) is 9.88 Å². The number of piperidine rings is 1. The van der Waals surface area contributed by atoms with Crippen LogP contribution in [-0.4, -0.2) is 24.2 Å². The van der Waals surface area contributed by atoms with E-state index in [0.717, 1.165) is 43.8 Å². The van der Waals surface area contributed by atoms with Crippen molar-refractivity contribution >= 4 is 5.69 Å². The molecule has 3 nitrogen and oxygen atoms in total. The molecule has 1 aromatic heterocycles. The molecule has 0 atom stereocenters. The number of halogens is 3. The van der Waals surface area contributed by atoms with Crippen LogP contribution >= 0.6 is 0 Å². The summed E-state index contributed by atoms with van der Waals surface area (Å²) in [5.41, 5.74) is 0.198. The molecular weight excluding hydrogens is 305 g/mol. The first-order valence-corrected chi connectivity index (χ1v) is 7.52. The Morgan fingerprint density at radius 3 is 2.26 bits per heavy atom. The Morgan fingerprint density at radius 2 is 1.70 bits per heavy atom. The van der Waals surface area contributed by atoms with Gasteiger partial charge in [-0.25, -0.2) is 4.98 Å². The Kier molecular flexibility index (Phi) is 4.41. The van der Waals surface area contributed by atoms with Gasteiger partial charge in [-0.3, -0.25) is 0 Å². The number of nitrogens with zero attached hydrogens (tertiary/aromatic N) is 2. The predicted molar refractivity (Wildman–Crippen MR) is 81.5 cm³/mol. The third-order valence-electron chi connectivity index (χ3n) is 3.93. The topological polar surface area (TPSA) is 25.4 Å². The van der Waals surface area contributed by atoms with Crippen molar-refractivity contribution in [1.82, 2.24) is 4.98 Å². The van der Waals surface area contributed by atoms with E-state index in [-0.39, 0.29) is 6.10 Å². The van der Waals surface area contributed by atoms with E-state index in [4.69, 9.17) is 4.74 Å². The summed E-state index contributed by atoms with van der Waals surface area (Å²) >= 11 is 0. The van der Waals surface area contributed by atoms with Crippen molar-refractivity contribution in [2.75, 3.05) is 18.0 Å². The maximum atomic E-state index is 12.6. The summed E-state index contributed by atoms with van der Waals surface area (Å²) in [7, 11) is 0. The molecule has 122 valence electrons. The first-order valence-electron chi connectivity index (χ1n) is 7.52. The fourth-order valence-corrected chi connectivity index (χ4v) is 2.68. The minimum absolute atomic E-state index is 0.0931. The smallest absolute Gasteiger partial charge is 0.416 e. The highest BCUT2D eigenvalue weighted by molar-refractivity contribution is 5.48. The van der Waals surface area contributed by atoms with Crippen LogP contribution in [0.1, 0.15) is 18.4 Å². The molecule has 0 unspecified atom stereocenters. The summed E-state index contributed by atoms with van der Waals surface area (Å²) in [6, 6.07) is 10.9. The molecule has 0 amide bonds. The SMILES string of the molecule is FC(F)(F)c1ccc(N2CCC(Oc3ccccn3)CC2)cc1. The van der Waals surface area contributed by atoms with E-state index < -0.39 is 11.7 Å². The van der Waals surface area contributed by atoms with Crippen molar-refractivity contribution in [1.29, 1.82) is 0 Å². The summed E-state index contributed by atoms with van der Waals surface area (Å²) in [6.07, 6.45) is -0.875. The van der Waals surface area contributed by atoms with Gasteiger partial charge in [-0.2, -0.15) is 13.2 Å². The monoisotopic (exact) mass is 322 g/mol. The lowest BCUT2D eigenvalue weighted by Crippen LogP contribution is -2.38. The number of aromatic nitrogens is 1. The minimum Gasteiger partial charge on any atom is -0.474 e. The number of alkyl halides is 3. The van der Waals surface area contributed by atoms with Crippen LogP contribution in [0, 0.1) is 0 Å². The minimum atomic E-state index is -4.29. The summed E-state index contributed by atoms with van der Waals surface area (Å²) in [4.78, 5) is 6.22. The van der Waals surface area contributed by atoms with Gasteiger partial charge in [0.1, 0.15) is 6.10 Å². The van der Waals surface area contributed by atoms with Crippen LogP contribution in [0.2, 0.25) is 0 Å². The Balaban J connectivity index is 1.56. The van der Waals surface area contributed by atoms with Crippen molar-refractivity contribution in [2.45, 2.75) is 25.1 Å². The first kappa shape index (κ1) is 15.6. The Bertz CT molecular complexity index is 621. The molecule has 23 heavy (non-hydrogen) atoms. The fraction of sp³-hybridized carbons (Fsp3) is 0.353. The van der Waals surface area contributed by atoms with Gasteiger partial charge in [-0.1, -0.05) is 6.07 Å². The van der Waals surface area contributed by atoms with Crippen LogP contribution in [0.3, 0.4) is 0 Å². The van der Waals surface area contributed by atoms with Crippen molar-refractivity contribution < 1.29 is 17.9 Å². The lowest BCUT2D eigenvalue weighted by atomic mass is 10.1. The van der Waals surface area contributed by atoms with Gasteiger partial charge in [0, 0.05) is 43.9 Å². The van der Waals surface area contributed by atoms with E-state index >= 15 is 0 Å². The van der Waals surface area contributed by atoms with E-state index in [1.807, 2.05) is 18.2 Å². The average Bonchev–Trinajstić information content (AvgIpc) is 2.56. The first-order chi connectivity index (χ1) is 11.0. The van der Waals surface area contributed by atoms with Gasteiger partial charge in [-0.05, 0) is 30.3 Å². The summed E-state index contributed by atoms with van der Waals surface area (Å²) < 4.78 is 43.6. The van der Waals surface area contributed by atoms with Gasteiger partial charge in [-0.15, -0.1) is 0 Å². The van der Waals surface area contributed by atoms with E-state index in [0.29, 0.717) is 5.88 Å². The lowest BCUT2D eigenvalue weighted by molar-refractivity contribution is -0.137. The lowest BCUT2D eigenvalue weighted by Gasteiger charge is -2.33. The zero-order valence-corrected chi connectivity index (χ0v) is 12.5.